The highest BCUT2D eigenvalue weighted by atomic mass is 16.5. The van der Waals surface area contributed by atoms with E-state index in [9.17, 15) is 4.79 Å². The van der Waals surface area contributed by atoms with Gasteiger partial charge in [-0.15, -0.1) is 0 Å². The van der Waals surface area contributed by atoms with Gasteiger partial charge in [-0.3, -0.25) is 0 Å². The summed E-state index contributed by atoms with van der Waals surface area (Å²) in [4.78, 5) is 11.8. The minimum atomic E-state index is -0.135. The molecule has 2 heteroatoms. The average Bonchev–Trinajstić information content (AvgIpc) is 3.22. The molecule has 0 N–H and O–H groups in total. The van der Waals surface area contributed by atoms with Crippen molar-refractivity contribution in [2.24, 2.45) is 40.9 Å². The van der Waals surface area contributed by atoms with Crippen molar-refractivity contribution in [1.29, 1.82) is 0 Å². The lowest BCUT2D eigenvalue weighted by Crippen LogP contribution is -2.47. The van der Waals surface area contributed by atoms with Gasteiger partial charge in [-0.05, 0) is 74.5 Å². The van der Waals surface area contributed by atoms with Gasteiger partial charge in [0.1, 0.15) is 0 Å². The number of fused-ring (bicyclic) bond motifs is 9. The van der Waals surface area contributed by atoms with Gasteiger partial charge in [0, 0.05) is 11.5 Å². The number of ether oxygens (including phenoxy) is 1. The zero-order valence-corrected chi connectivity index (χ0v) is 13.4. The fourth-order valence-corrected chi connectivity index (χ4v) is 7.19. The molecule has 0 heterocycles. The lowest BCUT2D eigenvalue weighted by molar-refractivity contribution is -0.149. The molecular formula is C19H28O2. The van der Waals surface area contributed by atoms with Crippen LogP contribution in [0.5, 0.6) is 0 Å². The molecule has 116 valence electrons. The van der Waals surface area contributed by atoms with Gasteiger partial charge in [0.05, 0.1) is 6.61 Å². The summed E-state index contributed by atoms with van der Waals surface area (Å²) in [6.45, 7) is 4.94. The summed E-state index contributed by atoms with van der Waals surface area (Å²) in [5.74, 6) is 5.21. The van der Waals surface area contributed by atoms with Crippen LogP contribution < -0.4 is 0 Å². The molecule has 4 rings (SSSR count). The van der Waals surface area contributed by atoms with Crippen LogP contribution in [0.1, 0.15) is 52.4 Å². The van der Waals surface area contributed by atoms with Crippen LogP contribution >= 0.6 is 0 Å². The molecule has 4 saturated carbocycles. The van der Waals surface area contributed by atoms with Crippen molar-refractivity contribution < 1.29 is 9.53 Å². The van der Waals surface area contributed by atoms with E-state index in [0.29, 0.717) is 12.0 Å². The SMILES string of the molecule is CC=CC(=O)OCC12C3CCC(C3)C1C1CC(CC)C2C1. The van der Waals surface area contributed by atoms with E-state index in [2.05, 4.69) is 6.92 Å². The molecule has 4 fully saturated rings. The van der Waals surface area contributed by atoms with Crippen LogP contribution in [0.2, 0.25) is 0 Å². The molecule has 2 nitrogen and oxygen atoms in total. The van der Waals surface area contributed by atoms with Crippen LogP contribution in [-0.4, -0.2) is 12.6 Å². The molecule has 4 aliphatic carbocycles. The molecule has 7 atom stereocenters. The fraction of sp³-hybridized carbons (Fsp3) is 0.842. The van der Waals surface area contributed by atoms with Crippen LogP contribution in [-0.2, 0) is 9.53 Å². The molecule has 4 aliphatic rings. The normalized spacial score (nSPS) is 50.0. The third-order valence-electron chi connectivity index (χ3n) is 7.58. The Morgan fingerprint density at radius 3 is 2.86 bits per heavy atom. The first-order chi connectivity index (χ1) is 10.2. The molecule has 4 bridgehead atoms. The van der Waals surface area contributed by atoms with Crippen LogP contribution in [0.4, 0.5) is 0 Å². The maximum atomic E-state index is 11.8. The van der Waals surface area contributed by atoms with Gasteiger partial charge < -0.3 is 4.74 Å². The topological polar surface area (TPSA) is 26.3 Å². The molecule has 0 aromatic carbocycles. The molecule has 21 heavy (non-hydrogen) atoms. The zero-order valence-electron chi connectivity index (χ0n) is 13.4. The Balaban J connectivity index is 1.61. The quantitative estimate of drug-likeness (QED) is 0.440. The highest BCUT2D eigenvalue weighted by Gasteiger charge is 2.70. The molecule has 0 saturated heterocycles. The fourth-order valence-electron chi connectivity index (χ4n) is 7.19. The Morgan fingerprint density at radius 1 is 1.24 bits per heavy atom. The van der Waals surface area contributed by atoms with Gasteiger partial charge in [-0.1, -0.05) is 19.4 Å². The van der Waals surface area contributed by atoms with Crippen LogP contribution in [0, 0.1) is 40.9 Å². The second kappa shape index (κ2) is 4.86. The van der Waals surface area contributed by atoms with Crippen molar-refractivity contribution in [2.75, 3.05) is 6.61 Å². The molecule has 0 aromatic rings. The summed E-state index contributed by atoms with van der Waals surface area (Å²) in [5.41, 5.74) is 0.365. The van der Waals surface area contributed by atoms with Crippen molar-refractivity contribution >= 4 is 5.97 Å². The number of esters is 1. The minimum Gasteiger partial charge on any atom is -0.462 e. The van der Waals surface area contributed by atoms with Crippen LogP contribution in [0.15, 0.2) is 12.2 Å². The second-order valence-electron chi connectivity index (χ2n) is 8.02. The van der Waals surface area contributed by atoms with Crippen molar-refractivity contribution in [3.05, 3.63) is 12.2 Å². The Morgan fingerprint density at radius 2 is 2.10 bits per heavy atom. The molecule has 0 spiro atoms. The van der Waals surface area contributed by atoms with E-state index in [1.165, 1.54) is 38.5 Å². The van der Waals surface area contributed by atoms with E-state index < -0.39 is 0 Å². The van der Waals surface area contributed by atoms with Gasteiger partial charge in [0.15, 0.2) is 0 Å². The van der Waals surface area contributed by atoms with Gasteiger partial charge in [-0.2, -0.15) is 0 Å². The summed E-state index contributed by atoms with van der Waals surface area (Å²) in [5, 5.41) is 0. The standard InChI is InChI=1S/C19H28O2/c1-3-5-17(20)21-11-19-15-7-6-13(9-15)18(19)14-8-12(4-2)16(19)10-14/h3,5,12-16,18H,4,6-11H2,1-2H3. The second-order valence-corrected chi connectivity index (χ2v) is 8.02. The van der Waals surface area contributed by atoms with Crippen LogP contribution in [0.25, 0.3) is 0 Å². The molecule has 0 aliphatic heterocycles. The Labute approximate surface area is 128 Å². The number of allylic oxidation sites excluding steroid dienone is 1. The van der Waals surface area contributed by atoms with E-state index in [1.807, 2.05) is 6.92 Å². The van der Waals surface area contributed by atoms with E-state index in [4.69, 9.17) is 4.74 Å². The monoisotopic (exact) mass is 288 g/mol. The van der Waals surface area contributed by atoms with Crippen molar-refractivity contribution in [3.8, 4) is 0 Å². The minimum absolute atomic E-state index is 0.135. The predicted molar refractivity (Wildman–Crippen MR) is 82.5 cm³/mol. The Kier molecular flexibility index (Phi) is 3.20. The largest absolute Gasteiger partial charge is 0.462 e. The number of carbonyl (C=O) groups is 1. The van der Waals surface area contributed by atoms with Crippen molar-refractivity contribution in [1.82, 2.24) is 0 Å². The summed E-state index contributed by atoms with van der Waals surface area (Å²) in [6, 6.07) is 0. The maximum Gasteiger partial charge on any atom is 0.330 e. The summed E-state index contributed by atoms with van der Waals surface area (Å²) < 4.78 is 5.74. The summed E-state index contributed by atoms with van der Waals surface area (Å²) in [6.07, 6.45) is 11.8. The highest BCUT2D eigenvalue weighted by Crippen LogP contribution is 2.75. The number of carbonyl (C=O) groups excluding carboxylic acids is 1. The van der Waals surface area contributed by atoms with E-state index in [-0.39, 0.29) is 5.97 Å². The molecule has 0 radical (unpaired) electrons. The summed E-state index contributed by atoms with van der Waals surface area (Å²) in [7, 11) is 0. The highest BCUT2D eigenvalue weighted by molar-refractivity contribution is 5.81. The van der Waals surface area contributed by atoms with Gasteiger partial charge in [0.25, 0.3) is 0 Å². The number of hydrogen-bond donors (Lipinski definition) is 0. The van der Waals surface area contributed by atoms with E-state index in [1.54, 1.807) is 12.2 Å². The average molecular weight is 288 g/mol. The Hall–Kier alpha value is -0.790. The lowest BCUT2D eigenvalue weighted by atomic mass is 9.56. The van der Waals surface area contributed by atoms with Crippen LogP contribution in [0.3, 0.4) is 0 Å². The smallest absolute Gasteiger partial charge is 0.330 e. The molecule has 0 amide bonds. The first kappa shape index (κ1) is 13.8. The molecule has 0 aromatic heterocycles. The van der Waals surface area contributed by atoms with Gasteiger partial charge in [-0.25, -0.2) is 4.79 Å². The first-order valence-electron chi connectivity index (χ1n) is 9.00. The maximum absolute atomic E-state index is 11.8. The van der Waals surface area contributed by atoms with Gasteiger partial charge >= 0.3 is 5.97 Å². The third-order valence-corrected chi connectivity index (χ3v) is 7.58. The van der Waals surface area contributed by atoms with E-state index >= 15 is 0 Å². The lowest BCUT2D eigenvalue weighted by Gasteiger charge is -2.49. The Bertz CT molecular complexity index is 468. The van der Waals surface area contributed by atoms with Gasteiger partial charge in [0.2, 0.25) is 0 Å². The summed E-state index contributed by atoms with van der Waals surface area (Å²) >= 11 is 0. The molecule has 7 unspecified atom stereocenters. The van der Waals surface area contributed by atoms with Crippen molar-refractivity contribution in [2.45, 2.75) is 52.4 Å². The predicted octanol–water partition coefficient (Wildman–Crippen LogP) is 4.20. The van der Waals surface area contributed by atoms with E-state index in [0.717, 1.165) is 35.5 Å². The number of hydrogen-bond acceptors (Lipinski definition) is 2. The third kappa shape index (κ3) is 1.74. The first-order valence-corrected chi connectivity index (χ1v) is 9.00. The zero-order chi connectivity index (χ0) is 14.6. The number of rotatable bonds is 4. The molecular weight excluding hydrogens is 260 g/mol. The van der Waals surface area contributed by atoms with Crippen molar-refractivity contribution in [3.63, 3.8) is 0 Å².